The lowest BCUT2D eigenvalue weighted by molar-refractivity contribution is 0.0943. The van der Waals surface area contributed by atoms with Gasteiger partial charge in [0, 0.05) is 16.3 Å². The van der Waals surface area contributed by atoms with Gasteiger partial charge in [0.15, 0.2) is 0 Å². The second-order valence-corrected chi connectivity index (χ2v) is 8.62. The first-order chi connectivity index (χ1) is 14.3. The fourth-order valence-electron chi connectivity index (χ4n) is 2.82. The highest BCUT2D eigenvalue weighted by atomic mass is 79.9. The Hall–Kier alpha value is -2.40. The highest BCUT2D eigenvalue weighted by Crippen LogP contribution is 2.36. The number of hydrogen-bond acceptors (Lipinski definition) is 4. The minimum Gasteiger partial charge on any atom is -0.486 e. The van der Waals surface area contributed by atoms with Gasteiger partial charge in [0.25, 0.3) is 5.91 Å². The standard InChI is InChI=1S/C22H16Br2ClN3O2/c1-13-7-14(2)28(27-13)22(29)17(11-26)8-15-9-18(23)21(19(24)10-15)30-12-16-5-3-4-6-20(16)25/h3-10H,12H2,1-2H3/b17-8+. The lowest BCUT2D eigenvalue weighted by Gasteiger charge is -2.12. The van der Waals surface area contributed by atoms with Gasteiger partial charge in [0.2, 0.25) is 0 Å². The van der Waals surface area contributed by atoms with Crippen LogP contribution in [0.5, 0.6) is 5.75 Å². The second kappa shape index (κ2) is 9.61. The van der Waals surface area contributed by atoms with E-state index in [2.05, 4.69) is 37.0 Å². The number of rotatable bonds is 5. The van der Waals surface area contributed by atoms with Gasteiger partial charge in [-0.1, -0.05) is 29.8 Å². The molecule has 2 aromatic carbocycles. The summed E-state index contributed by atoms with van der Waals surface area (Å²) in [4.78, 5) is 12.7. The molecule has 8 heteroatoms. The van der Waals surface area contributed by atoms with E-state index < -0.39 is 5.91 Å². The van der Waals surface area contributed by atoms with Crippen LogP contribution in [0.2, 0.25) is 5.02 Å². The van der Waals surface area contributed by atoms with E-state index in [4.69, 9.17) is 16.3 Å². The van der Waals surface area contributed by atoms with E-state index in [1.807, 2.05) is 30.3 Å². The number of benzene rings is 2. The summed E-state index contributed by atoms with van der Waals surface area (Å²) in [7, 11) is 0. The summed E-state index contributed by atoms with van der Waals surface area (Å²) in [5, 5.41) is 14.3. The SMILES string of the molecule is Cc1cc(C)n(C(=O)/C(C#N)=C/c2cc(Br)c(OCc3ccccc3Cl)c(Br)c2)n1. The number of nitriles is 1. The van der Waals surface area contributed by atoms with Crippen LogP contribution in [-0.2, 0) is 6.61 Å². The molecule has 0 aliphatic heterocycles. The van der Waals surface area contributed by atoms with E-state index in [-0.39, 0.29) is 5.57 Å². The van der Waals surface area contributed by atoms with Gasteiger partial charge < -0.3 is 4.74 Å². The van der Waals surface area contributed by atoms with Crippen molar-refractivity contribution in [2.75, 3.05) is 0 Å². The number of allylic oxidation sites excluding steroid dienone is 1. The van der Waals surface area contributed by atoms with E-state index >= 15 is 0 Å². The number of aryl methyl sites for hydroxylation is 2. The summed E-state index contributed by atoms with van der Waals surface area (Å²) < 4.78 is 8.49. The average molecular weight is 550 g/mol. The third-order valence-corrected chi connectivity index (χ3v) is 5.76. The largest absolute Gasteiger partial charge is 0.486 e. The van der Waals surface area contributed by atoms with Gasteiger partial charge in [-0.15, -0.1) is 0 Å². The maximum atomic E-state index is 12.7. The van der Waals surface area contributed by atoms with Gasteiger partial charge in [-0.3, -0.25) is 4.79 Å². The van der Waals surface area contributed by atoms with Crippen molar-refractivity contribution in [2.24, 2.45) is 0 Å². The molecule has 0 aliphatic carbocycles. The number of carbonyl (C=O) groups is 1. The highest BCUT2D eigenvalue weighted by Gasteiger charge is 2.17. The molecule has 0 bridgehead atoms. The topological polar surface area (TPSA) is 67.9 Å². The van der Waals surface area contributed by atoms with Crippen LogP contribution in [0.4, 0.5) is 0 Å². The number of ether oxygens (including phenoxy) is 1. The van der Waals surface area contributed by atoms with E-state index in [9.17, 15) is 10.1 Å². The van der Waals surface area contributed by atoms with Crippen LogP contribution in [0.15, 0.2) is 57.0 Å². The van der Waals surface area contributed by atoms with E-state index in [0.29, 0.717) is 43.3 Å². The first kappa shape index (κ1) is 22.3. The molecular weight excluding hydrogens is 534 g/mol. The summed E-state index contributed by atoms with van der Waals surface area (Å²) in [5.74, 6) is 0.116. The van der Waals surface area contributed by atoms with Crippen molar-refractivity contribution in [3.05, 3.63) is 84.5 Å². The molecule has 0 radical (unpaired) electrons. The van der Waals surface area contributed by atoms with Crippen LogP contribution in [-0.4, -0.2) is 15.7 Å². The molecule has 30 heavy (non-hydrogen) atoms. The minimum atomic E-state index is -0.477. The summed E-state index contributed by atoms with van der Waals surface area (Å²) in [6, 6.07) is 14.8. The predicted molar refractivity (Wildman–Crippen MR) is 124 cm³/mol. The van der Waals surface area contributed by atoms with Crippen LogP contribution in [0.1, 0.15) is 27.3 Å². The van der Waals surface area contributed by atoms with Crippen LogP contribution in [0, 0.1) is 25.2 Å². The normalized spacial score (nSPS) is 11.3. The molecule has 5 nitrogen and oxygen atoms in total. The maximum absolute atomic E-state index is 12.7. The quantitative estimate of drug-likeness (QED) is 0.269. The number of carbonyl (C=O) groups excluding carboxylic acids is 1. The summed E-state index contributed by atoms with van der Waals surface area (Å²) in [6.07, 6.45) is 1.52. The number of halogens is 3. The monoisotopic (exact) mass is 547 g/mol. The molecule has 0 fully saturated rings. The van der Waals surface area contributed by atoms with Gasteiger partial charge >= 0.3 is 0 Å². The van der Waals surface area contributed by atoms with Gasteiger partial charge in [0.1, 0.15) is 24.0 Å². The fourth-order valence-corrected chi connectivity index (χ4v) is 4.46. The number of hydrogen-bond donors (Lipinski definition) is 0. The Morgan fingerprint density at radius 3 is 2.47 bits per heavy atom. The lowest BCUT2D eigenvalue weighted by atomic mass is 10.1. The summed E-state index contributed by atoms with van der Waals surface area (Å²) >= 11 is 13.2. The zero-order chi connectivity index (χ0) is 21.8. The zero-order valence-electron chi connectivity index (χ0n) is 16.1. The van der Waals surface area contributed by atoms with Crippen molar-refractivity contribution in [3.8, 4) is 11.8 Å². The minimum absolute atomic E-state index is 0.0234. The molecule has 3 rings (SSSR count). The molecule has 0 unspecified atom stereocenters. The Kier molecular flexibility index (Phi) is 7.14. The average Bonchev–Trinajstić information content (AvgIpc) is 3.04. The number of aromatic nitrogens is 2. The molecule has 0 atom stereocenters. The van der Waals surface area contributed by atoms with Crippen molar-refractivity contribution in [1.82, 2.24) is 9.78 Å². The Morgan fingerprint density at radius 2 is 1.90 bits per heavy atom. The molecule has 0 N–H and O–H groups in total. The molecule has 0 amide bonds. The Morgan fingerprint density at radius 1 is 1.23 bits per heavy atom. The summed E-state index contributed by atoms with van der Waals surface area (Å²) in [5.41, 5.74) is 2.88. The Balaban J connectivity index is 1.86. The van der Waals surface area contributed by atoms with Crippen molar-refractivity contribution in [1.29, 1.82) is 5.26 Å². The summed E-state index contributed by atoms with van der Waals surface area (Å²) in [6.45, 7) is 3.86. The number of nitrogens with zero attached hydrogens (tertiary/aromatic N) is 3. The zero-order valence-corrected chi connectivity index (χ0v) is 20.0. The smallest absolute Gasteiger partial charge is 0.289 e. The van der Waals surface area contributed by atoms with Crippen LogP contribution in [0.3, 0.4) is 0 Å². The van der Waals surface area contributed by atoms with Crippen molar-refractivity contribution in [2.45, 2.75) is 20.5 Å². The molecule has 0 aliphatic rings. The fraction of sp³-hybridized carbons (Fsp3) is 0.136. The first-order valence-corrected chi connectivity index (χ1v) is 10.8. The molecule has 3 aromatic rings. The second-order valence-electron chi connectivity index (χ2n) is 6.51. The third-order valence-electron chi connectivity index (χ3n) is 4.21. The van der Waals surface area contributed by atoms with Gasteiger partial charge in [-0.25, -0.2) is 4.68 Å². The van der Waals surface area contributed by atoms with Crippen LogP contribution in [0.25, 0.3) is 6.08 Å². The van der Waals surface area contributed by atoms with Crippen molar-refractivity contribution >= 4 is 55.4 Å². The molecule has 152 valence electrons. The molecule has 1 heterocycles. The molecule has 0 spiro atoms. The van der Waals surface area contributed by atoms with Crippen LogP contribution >= 0.6 is 43.5 Å². The molecule has 0 saturated heterocycles. The molecule has 0 saturated carbocycles. The first-order valence-electron chi connectivity index (χ1n) is 8.85. The molecule has 1 aromatic heterocycles. The Labute approximate surface area is 196 Å². The van der Waals surface area contributed by atoms with Gasteiger partial charge in [-0.05, 0) is 81.6 Å². The van der Waals surface area contributed by atoms with Gasteiger partial charge in [0.05, 0.1) is 14.6 Å². The van der Waals surface area contributed by atoms with Crippen LogP contribution < -0.4 is 4.74 Å². The van der Waals surface area contributed by atoms with E-state index in [1.54, 1.807) is 32.0 Å². The predicted octanol–water partition coefficient (Wildman–Crippen LogP) is 6.50. The Bertz CT molecular complexity index is 1170. The lowest BCUT2D eigenvalue weighted by Crippen LogP contribution is -2.15. The highest BCUT2D eigenvalue weighted by molar-refractivity contribution is 9.11. The third kappa shape index (κ3) is 5.01. The van der Waals surface area contributed by atoms with Crippen molar-refractivity contribution < 1.29 is 9.53 Å². The van der Waals surface area contributed by atoms with E-state index in [1.165, 1.54) is 10.8 Å². The van der Waals surface area contributed by atoms with Crippen molar-refractivity contribution in [3.63, 3.8) is 0 Å². The molecular formula is C22H16Br2ClN3O2. The maximum Gasteiger partial charge on any atom is 0.289 e. The van der Waals surface area contributed by atoms with Gasteiger partial charge in [-0.2, -0.15) is 10.4 Å². The van der Waals surface area contributed by atoms with E-state index in [0.717, 1.165) is 5.56 Å².